The van der Waals surface area contributed by atoms with Gasteiger partial charge < -0.3 is 9.46 Å². The normalized spacial score (nSPS) is 18.0. The number of anilines is 1. The van der Waals surface area contributed by atoms with Gasteiger partial charge in [0.05, 0.1) is 5.41 Å². The summed E-state index contributed by atoms with van der Waals surface area (Å²) in [5.74, 6) is 0. The molecular formula is C39H30NOP. The summed E-state index contributed by atoms with van der Waals surface area (Å²) in [6.07, 6.45) is 0. The Kier molecular flexibility index (Phi) is 5.48. The first-order chi connectivity index (χ1) is 20.5. The van der Waals surface area contributed by atoms with E-state index in [1.54, 1.807) is 0 Å². The fraction of sp³-hybridized carbons (Fsp3) is 0.0769. The largest absolute Gasteiger partial charge is 0.378 e. The molecule has 0 N–H and O–H groups in total. The van der Waals surface area contributed by atoms with Crippen molar-refractivity contribution in [2.45, 2.75) is 5.41 Å². The molecule has 1 atom stereocenters. The zero-order chi connectivity index (χ0) is 28.5. The minimum Gasteiger partial charge on any atom is -0.378 e. The Morgan fingerprint density at radius 1 is 0.571 bits per heavy atom. The third-order valence-corrected chi connectivity index (χ3v) is 12.3. The third-order valence-electron chi connectivity index (χ3n) is 9.11. The molecule has 0 aromatic heterocycles. The van der Waals surface area contributed by atoms with Crippen molar-refractivity contribution in [2.75, 3.05) is 19.0 Å². The van der Waals surface area contributed by atoms with Gasteiger partial charge in [0, 0.05) is 35.7 Å². The minimum atomic E-state index is -3.25. The van der Waals surface area contributed by atoms with E-state index >= 15 is 4.57 Å². The summed E-state index contributed by atoms with van der Waals surface area (Å²) in [6.45, 7) is 0. The van der Waals surface area contributed by atoms with Crippen molar-refractivity contribution in [3.8, 4) is 0 Å². The van der Waals surface area contributed by atoms with Crippen LogP contribution in [0.25, 0.3) is 21.7 Å². The third kappa shape index (κ3) is 3.25. The van der Waals surface area contributed by atoms with Crippen LogP contribution >= 0.6 is 7.14 Å². The second kappa shape index (κ2) is 9.18. The number of benzene rings is 6. The highest BCUT2D eigenvalue weighted by atomic mass is 31.2. The summed E-state index contributed by atoms with van der Waals surface area (Å²) in [5, 5.41) is 5.07. The lowest BCUT2D eigenvalue weighted by molar-refractivity contribution is 0.593. The molecule has 6 aromatic rings. The Hall–Kier alpha value is -4.65. The molecule has 0 saturated carbocycles. The van der Waals surface area contributed by atoms with Gasteiger partial charge in [0.1, 0.15) is 0 Å². The summed E-state index contributed by atoms with van der Waals surface area (Å²) in [6, 6.07) is 51.4. The lowest BCUT2D eigenvalue weighted by atomic mass is 9.65. The summed E-state index contributed by atoms with van der Waals surface area (Å²) >= 11 is 0. The first-order valence-corrected chi connectivity index (χ1v) is 16.1. The van der Waals surface area contributed by atoms with Gasteiger partial charge >= 0.3 is 0 Å². The quantitative estimate of drug-likeness (QED) is 0.202. The van der Waals surface area contributed by atoms with Crippen LogP contribution in [0.2, 0.25) is 0 Å². The van der Waals surface area contributed by atoms with Crippen LogP contribution in [0.15, 0.2) is 146 Å². The molecule has 1 unspecified atom stereocenters. The highest BCUT2D eigenvalue weighted by molar-refractivity contribution is 7.88. The molecule has 1 aliphatic heterocycles. The standard InChI is InChI=1S/C39H30NOP/c1-40(2)31-22-23-33-35(26-31)39(29-16-6-3-7-17-29,30-18-8-4-9-19-30)37-34-24-27-14-12-13-15-28(27)25-36(34)42(41,38(33)37)32-20-10-5-11-21-32/h3-26H,1-2H3. The molecule has 0 amide bonds. The molecule has 0 bridgehead atoms. The second-order valence-electron chi connectivity index (χ2n) is 11.5. The molecule has 6 aromatic carbocycles. The van der Waals surface area contributed by atoms with Crippen LogP contribution in [0, 0.1) is 0 Å². The first kappa shape index (κ1) is 25.1. The highest BCUT2D eigenvalue weighted by Crippen LogP contribution is 2.74. The maximum absolute atomic E-state index is 16.2. The lowest BCUT2D eigenvalue weighted by Gasteiger charge is -2.36. The molecule has 0 spiro atoms. The lowest BCUT2D eigenvalue weighted by Crippen LogP contribution is -2.30. The smallest absolute Gasteiger partial charge is 0.172 e. The Bertz CT molecular complexity index is 2040. The fourth-order valence-electron chi connectivity index (χ4n) is 7.29. The van der Waals surface area contributed by atoms with E-state index in [1.165, 1.54) is 16.7 Å². The van der Waals surface area contributed by atoms with Crippen molar-refractivity contribution in [3.63, 3.8) is 0 Å². The van der Waals surface area contributed by atoms with Crippen LogP contribution in [-0.2, 0) is 9.98 Å². The summed E-state index contributed by atoms with van der Waals surface area (Å²) in [7, 11) is 0.922. The van der Waals surface area contributed by atoms with Gasteiger partial charge in [-0.25, -0.2) is 0 Å². The van der Waals surface area contributed by atoms with E-state index in [-0.39, 0.29) is 0 Å². The van der Waals surface area contributed by atoms with E-state index in [4.69, 9.17) is 0 Å². The highest BCUT2D eigenvalue weighted by Gasteiger charge is 2.57. The molecule has 1 heterocycles. The van der Waals surface area contributed by atoms with Crippen LogP contribution < -0.4 is 15.5 Å². The van der Waals surface area contributed by atoms with E-state index in [2.05, 4.69) is 146 Å². The molecule has 3 heteroatoms. The molecule has 2 aliphatic rings. The van der Waals surface area contributed by atoms with Crippen molar-refractivity contribution >= 4 is 45.1 Å². The molecule has 0 fully saturated rings. The van der Waals surface area contributed by atoms with E-state index in [0.29, 0.717) is 0 Å². The topological polar surface area (TPSA) is 20.3 Å². The van der Waals surface area contributed by atoms with Gasteiger partial charge in [0.2, 0.25) is 0 Å². The molecular weight excluding hydrogens is 529 g/mol. The zero-order valence-electron chi connectivity index (χ0n) is 23.7. The van der Waals surface area contributed by atoms with Gasteiger partial charge in [-0.2, -0.15) is 0 Å². The molecule has 202 valence electrons. The average Bonchev–Trinajstić information content (AvgIpc) is 3.49. The summed E-state index contributed by atoms with van der Waals surface area (Å²) in [4.78, 5) is 2.16. The van der Waals surface area contributed by atoms with Crippen LogP contribution in [0.5, 0.6) is 0 Å². The maximum atomic E-state index is 16.2. The van der Waals surface area contributed by atoms with E-state index in [1.807, 2.05) is 18.2 Å². The van der Waals surface area contributed by atoms with Crippen molar-refractivity contribution in [1.82, 2.24) is 0 Å². The predicted octanol–water partition coefficient (Wildman–Crippen LogP) is 8.45. The minimum absolute atomic E-state index is 0.642. The van der Waals surface area contributed by atoms with Crippen molar-refractivity contribution in [2.24, 2.45) is 0 Å². The van der Waals surface area contributed by atoms with Crippen LogP contribution in [0.4, 0.5) is 5.69 Å². The average molecular weight is 560 g/mol. The number of hydrogen-bond donors (Lipinski definition) is 0. The number of fused-ring (bicyclic) bond motifs is 5. The van der Waals surface area contributed by atoms with Gasteiger partial charge in [-0.1, -0.05) is 121 Å². The van der Waals surface area contributed by atoms with Gasteiger partial charge in [-0.3, -0.25) is 0 Å². The zero-order valence-corrected chi connectivity index (χ0v) is 24.6. The van der Waals surface area contributed by atoms with E-state index in [0.717, 1.165) is 49.1 Å². The number of rotatable bonds is 4. The predicted molar refractivity (Wildman–Crippen MR) is 178 cm³/mol. The first-order valence-electron chi connectivity index (χ1n) is 14.4. The van der Waals surface area contributed by atoms with Crippen molar-refractivity contribution in [3.05, 3.63) is 173 Å². The molecule has 8 rings (SSSR count). The molecule has 0 saturated heterocycles. The molecule has 2 nitrogen and oxygen atoms in total. The van der Waals surface area contributed by atoms with Gasteiger partial charge in [-0.15, -0.1) is 0 Å². The number of allylic oxidation sites excluding steroid dienone is 1. The van der Waals surface area contributed by atoms with E-state index < -0.39 is 12.6 Å². The van der Waals surface area contributed by atoms with Crippen LogP contribution in [0.1, 0.15) is 27.8 Å². The van der Waals surface area contributed by atoms with Crippen molar-refractivity contribution < 1.29 is 4.57 Å². The monoisotopic (exact) mass is 559 g/mol. The van der Waals surface area contributed by atoms with Gasteiger partial charge in [-0.05, 0) is 68.4 Å². The Labute approximate surface area is 247 Å². The number of hydrogen-bond acceptors (Lipinski definition) is 2. The SMILES string of the molecule is CN(C)c1ccc2c(c1)C(c1ccccc1)(c1ccccc1)C1=C2P(=O)(c2ccccc2)c2cc3ccccc3cc21. The molecule has 42 heavy (non-hydrogen) atoms. The summed E-state index contributed by atoms with van der Waals surface area (Å²) < 4.78 is 16.2. The fourth-order valence-corrected chi connectivity index (χ4v) is 10.6. The second-order valence-corrected chi connectivity index (χ2v) is 14.2. The summed E-state index contributed by atoms with van der Waals surface area (Å²) in [5.41, 5.74) is 7.35. The van der Waals surface area contributed by atoms with E-state index in [9.17, 15) is 0 Å². The van der Waals surface area contributed by atoms with Crippen molar-refractivity contribution in [1.29, 1.82) is 0 Å². The van der Waals surface area contributed by atoms with Gasteiger partial charge in [0.25, 0.3) is 0 Å². The molecule has 1 aliphatic carbocycles. The van der Waals surface area contributed by atoms with Gasteiger partial charge in [0.15, 0.2) is 7.14 Å². The Morgan fingerprint density at radius 2 is 1.12 bits per heavy atom. The van der Waals surface area contributed by atoms with Crippen LogP contribution in [-0.4, -0.2) is 14.1 Å². The maximum Gasteiger partial charge on any atom is 0.172 e. The number of nitrogens with zero attached hydrogens (tertiary/aromatic N) is 1. The Morgan fingerprint density at radius 3 is 1.71 bits per heavy atom. The van der Waals surface area contributed by atoms with Crippen LogP contribution in [0.3, 0.4) is 0 Å². The molecule has 0 radical (unpaired) electrons. The Balaban J connectivity index is 1.61.